The van der Waals surface area contributed by atoms with E-state index in [2.05, 4.69) is 10.3 Å². The third-order valence-electron chi connectivity index (χ3n) is 1.97. The van der Waals surface area contributed by atoms with Crippen molar-refractivity contribution >= 4 is 11.7 Å². The molecule has 1 N–H and O–H groups in total. The van der Waals surface area contributed by atoms with Crippen LogP contribution in [0.4, 0.5) is 10.1 Å². The number of carboxylic acids is 1. The van der Waals surface area contributed by atoms with E-state index >= 15 is 0 Å². The Morgan fingerprint density at radius 2 is 2.00 bits per heavy atom. The first-order valence-corrected chi connectivity index (χ1v) is 4.85. The summed E-state index contributed by atoms with van der Waals surface area (Å²) in [5, 5.41) is 17.4. The van der Waals surface area contributed by atoms with Gasteiger partial charge in [-0.1, -0.05) is 11.3 Å². The second-order valence-electron chi connectivity index (χ2n) is 3.06. The molecule has 0 amide bonds. The highest BCUT2D eigenvalue weighted by molar-refractivity contribution is 5.90. The topological polar surface area (TPSA) is 65.3 Å². The van der Waals surface area contributed by atoms with Crippen LogP contribution in [-0.2, 0) is 4.79 Å². The summed E-state index contributed by atoms with van der Waals surface area (Å²) >= 11 is 0. The van der Waals surface area contributed by atoms with Crippen molar-refractivity contribution in [3.05, 3.63) is 41.9 Å². The number of hydrogen-bond donors (Lipinski definition) is 1. The summed E-state index contributed by atoms with van der Waals surface area (Å²) in [5.74, 6) is -1.54. The highest BCUT2D eigenvalue weighted by atomic mass is 19.1. The first-order valence-electron chi connectivity index (χ1n) is 4.85. The SMILES string of the molecule is C/C=C(\C(=O)O)N(N=NC)c1ccc(F)cc1. The molecule has 0 heterocycles. The molecule has 6 heteroatoms. The van der Waals surface area contributed by atoms with Crippen LogP contribution in [0.5, 0.6) is 0 Å². The van der Waals surface area contributed by atoms with Gasteiger partial charge in [0.2, 0.25) is 0 Å². The minimum atomic E-state index is -1.13. The largest absolute Gasteiger partial charge is 0.477 e. The summed E-state index contributed by atoms with van der Waals surface area (Å²) in [5.41, 5.74) is 0.370. The molecule has 5 nitrogen and oxygen atoms in total. The van der Waals surface area contributed by atoms with E-state index < -0.39 is 11.8 Å². The van der Waals surface area contributed by atoms with Crippen molar-refractivity contribution in [2.45, 2.75) is 6.92 Å². The lowest BCUT2D eigenvalue weighted by molar-refractivity contribution is -0.132. The number of aliphatic carboxylic acids is 1. The maximum atomic E-state index is 12.8. The van der Waals surface area contributed by atoms with E-state index in [0.717, 1.165) is 5.01 Å². The number of carboxylic acid groups (broad SMARTS) is 1. The molecule has 0 unspecified atom stereocenters. The van der Waals surface area contributed by atoms with Gasteiger partial charge in [0, 0.05) is 0 Å². The highest BCUT2D eigenvalue weighted by Crippen LogP contribution is 2.20. The Labute approximate surface area is 97.9 Å². The van der Waals surface area contributed by atoms with Crippen molar-refractivity contribution in [2.24, 2.45) is 10.3 Å². The zero-order valence-corrected chi connectivity index (χ0v) is 9.46. The number of hydrogen-bond acceptors (Lipinski definition) is 3. The van der Waals surface area contributed by atoms with E-state index in [4.69, 9.17) is 5.11 Å². The predicted molar refractivity (Wildman–Crippen MR) is 61.1 cm³/mol. The van der Waals surface area contributed by atoms with Gasteiger partial charge >= 0.3 is 5.97 Å². The van der Waals surface area contributed by atoms with Crippen molar-refractivity contribution in [3.8, 4) is 0 Å². The van der Waals surface area contributed by atoms with Crippen LogP contribution in [0.1, 0.15) is 6.92 Å². The Balaban J connectivity index is 3.17. The van der Waals surface area contributed by atoms with Gasteiger partial charge in [0.25, 0.3) is 0 Å². The van der Waals surface area contributed by atoms with Gasteiger partial charge in [-0.2, -0.15) is 5.11 Å². The van der Waals surface area contributed by atoms with E-state index in [1.54, 1.807) is 6.92 Å². The standard InChI is InChI=1S/C11H12FN3O2/c1-3-10(11(16)17)15(14-13-2)9-6-4-8(12)5-7-9/h3-7H,1-2H3,(H,16,17)/b10-3+,14-13?. The number of nitrogens with zero attached hydrogens (tertiary/aromatic N) is 3. The third-order valence-corrected chi connectivity index (χ3v) is 1.97. The molecule has 0 saturated heterocycles. The lowest BCUT2D eigenvalue weighted by Gasteiger charge is -2.17. The van der Waals surface area contributed by atoms with Crippen LogP contribution < -0.4 is 5.01 Å². The average molecular weight is 237 g/mol. The van der Waals surface area contributed by atoms with Gasteiger partial charge in [-0.3, -0.25) is 0 Å². The lowest BCUT2D eigenvalue weighted by Crippen LogP contribution is -2.21. The smallest absolute Gasteiger partial charge is 0.354 e. The monoisotopic (exact) mass is 237 g/mol. The molecule has 0 radical (unpaired) electrons. The summed E-state index contributed by atoms with van der Waals surface area (Å²) in [6.45, 7) is 1.57. The van der Waals surface area contributed by atoms with Gasteiger partial charge < -0.3 is 5.11 Å². The fourth-order valence-electron chi connectivity index (χ4n) is 1.25. The Morgan fingerprint density at radius 1 is 1.41 bits per heavy atom. The van der Waals surface area contributed by atoms with Crippen LogP contribution in [0, 0.1) is 5.82 Å². The predicted octanol–water partition coefficient (Wildman–Crippen LogP) is 2.62. The number of anilines is 1. The Morgan fingerprint density at radius 3 is 2.41 bits per heavy atom. The summed E-state index contributed by atoms with van der Waals surface area (Å²) in [7, 11) is 1.42. The molecule has 0 spiro atoms. The van der Waals surface area contributed by atoms with E-state index in [1.807, 2.05) is 0 Å². The zero-order chi connectivity index (χ0) is 12.8. The van der Waals surface area contributed by atoms with E-state index in [0.29, 0.717) is 5.69 Å². The van der Waals surface area contributed by atoms with Crippen LogP contribution in [0.15, 0.2) is 46.4 Å². The summed E-state index contributed by atoms with van der Waals surface area (Å²) in [6, 6.07) is 5.30. The zero-order valence-electron chi connectivity index (χ0n) is 9.46. The molecule has 17 heavy (non-hydrogen) atoms. The van der Waals surface area contributed by atoms with Gasteiger partial charge in [-0.05, 0) is 31.2 Å². The minimum Gasteiger partial charge on any atom is -0.477 e. The van der Waals surface area contributed by atoms with E-state index in [-0.39, 0.29) is 5.70 Å². The van der Waals surface area contributed by atoms with Crippen LogP contribution in [0.2, 0.25) is 0 Å². The number of carbonyl (C=O) groups is 1. The molecule has 0 aliphatic carbocycles. The van der Waals surface area contributed by atoms with Gasteiger partial charge in [0.05, 0.1) is 12.7 Å². The summed E-state index contributed by atoms with van der Waals surface area (Å²) in [6.07, 6.45) is 1.39. The maximum Gasteiger partial charge on any atom is 0.354 e. The molecule has 0 aliphatic heterocycles. The molecular formula is C11H12FN3O2. The van der Waals surface area contributed by atoms with Crippen LogP contribution in [0.3, 0.4) is 0 Å². The molecule has 1 aromatic rings. The van der Waals surface area contributed by atoms with Crippen molar-refractivity contribution in [2.75, 3.05) is 12.1 Å². The van der Waals surface area contributed by atoms with Gasteiger partial charge in [0.1, 0.15) is 11.5 Å². The molecule has 1 rings (SSSR count). The van der Waals surface area contributed by atoms with Crippen LogP contribution in [0.25, 0.3) is 0 Å². The molecule has 0 aliphatic rings. The molecule has 90 valence electrons. The van der Waals surface area contributed by atoms with Crippen LogP contribution >= 0.6 is 0 Å². The van der Waals surface area contributed by atoms with Gasteiger partial charge in [0.15, 0.2) is 0 Å². The molecule has 0 saturated carbocycles. The highest BCUT2D eigenvalue weighted by Gasteiger charge is 2.17. The second-order valence-corrected chi connectivity index (χ2v) is 3.06. The molecule has 0 atom stereocenters. The molecule has 0 bridgehead atoms. The van der Waals surface area contributed by atoms with Gasteiger partial charge in [-0.15, -0.1) is 0 Å². The van der Waals surface area contributed by atoms with Crippen molar-refractivity contribution in [1.29, 1.82) is 0 Å². The first kappa shape index (κ1) is 12.8. The fourth-order valence-corrected chi connectivity index (χ4v) is 1.25. The average Bonchev–Trinajstić information content (AvgIpc) is 2.29. The van der Waals surface area contributed by atoms with Crippen LogP contribution in [-0.4, -0.2) is 18.1 Å². The molecule has 0 fully saturated rings. The Bertz CT molecular complexity index is 454. The summed E-state index contributed by atoms with van der Waals surface area (Å²) < 4.78 is 12.8. The van der Waals surface area contributed by atoms with Crippen molar-refractivity contribution in [1.82, 2.24) is 0 Å². The summed E-state index contributed by atoms with van der Waals surface area (Å²) in [4.78, 5) is 11.0. The number of halogens is 1. The first-order chi connectivity index (χ1) is 8.10. The number of rotatable bonds is 4. The van der Waals surface area contributed by atoms with E-state index in [1.165, 1.54) is 37.4 Å². The van der Waals surface area contributed by atoms with Gasteiger partial charge in [-0.25, -0.2) is 14.2 Å². The Hall–Kier alpha value is -2.24. The minimum absolute atomic E-state index is 0.0535. The van der Waals surface area contributed by atoms with Crippen molar-refractivity contribution < 1.29 is 14.3 Å². The normalized spacial score (nSPS) is 11.8. The maximum absolute atomic E-state index is 12.8. The molecular weight excluding hydrogens is 225 g/mol. The van der Waals surface area contributed by atoms with E-state index in [9.17, 15) is 9.18 Å². The number of allylic oxidation sites excluding steroid dienone is 1. The lowest BCUT2D eigenvalue weighted by atomic mass is 10.3. The fraction of sp³-hybridized carbons (Fsp3) is 0.182. The van der Waals surface area contributed by atoms with Crippen molar-refractivity contribution in [3.63, 3.8) is 0 Å². The number of benzene rings is 1. The molecule has 0 aromatic heterocycles. The quantitative estimate of drug-likeness (QED) is 0.497. The molecule has 1 aromatic carbocycles. The second kappa shape index (κ2) is 5.74. The Kier molecular flexibility index (Phi) is 4.33. The third kappa shape index (κ3) is 3.10.